The lowest BCUT2D eigenvalue weighted by molar-refractivity contribution is -0.645. The second kappa shape index (κ2) is 13.4. The first-order valence-corrected chi connectivity index (χ1v) is 20.2. The minimum Gasteiger partial charge on any atom is -0.433 e. The van der Waals surface area contributed by atoms with Gasteiger partial charge in [0.1, 0.15) is 14.1 Å². The van der Waals surface area contributed by atoms with E-state index in [1.54, 1.807) is 0 Å². The molecule has 0 unspecified atom stereocenters. The predicted octanol–water partition coefficient (Wildman–Crippen LogP) is 7.04. The van der Waals surface area contributed by atoms with Crippen molar-refractivity contribution in [3.05, 3.63) is 176 Å². The largest absolute Gasteiger partial charge is 0.433 e. The number of nitrogens with zero attached hydrogens (tertiary/aromatic N) is 6. The van der Waals surface area contributed by atoms with E-state index in [-0.39, 0.29) is 21.9 Å². The average Bonchev–Trinajstić information content (AvgIpc) is 4.03. The van der Waals surface area contributed by atoms with Crippen LogP contribution in [-0.2, 0) is 27.2 Å². The summed E-state index contributed by atoms with van der Waals surface area (Å²) in [6.07, 6.45) is 8.26. The molecular formula is C50H40N6O4+2. The molecule has 0 bridgehead atoms. The van der Waals surface area contributed by atoms with E-state index in [1.165, 1.54) is 0 Å². The quantitative estimate of drug-likeness (QED) is 0.169. The molecular weight excluding hydrogens is 749 g/mol. The Bertz CT molecular complexity index is 3560. The molecule has 0 fully saturated rings. The number of pyridine rings is 2. The second-order valence-electron chi connectivity index (χ2n) is 15.2. The van der Waals surface area contributed by atoms with Crippen molar-refractivity contribution in [2.75, 3.05) is 0 Å². The molecule has 0 radical (unpaired) electrons. The van der Waals surface area contributed by atoms with Crippen LogP contribution in [0, 0.1) is 0 Å². The molecule has 11 rings (SSSR count). The van der Waals surface area contributed by atoms with E-state index in [2.05, 4.69) is 80.9 Å². The fourth-order valence-electron chi connectivity index (χ4n) is 9.17. The molecule has 10 nitrogen and oxygen atoms in total. The maximum Gasteiger partial charge on any atom is 0.233 e. The lowest BCUT2D eigenvalue weighted by Crippen LogP contribution is -2.28. The fourth-order valence-corrected chi connectivity index (χ4v) is 9.17. The van der Waals surface area contributed by atoms with Crippen LogP contribution in [0.1, 0.15) is 25.0 Å². The van der Waals surface area contributed by atoms with E-state index < -0.39 is 10.9 Å². The molecule has 10 heteroatoms. The SMILES string of the molecule is CCn1/c(=C\c2cc[n+](C)c3ccccc23)c2c3c(=O)c4oc5c(/c(=C/c6cc[n+](C)c7ccccc67)n(CC)n5-c5ccccc5)c4c(=O)c3oc2n1-c1ccccc1. The van der Waals surface area contributed by atoms with Crippen LogP contribution < -0.4 is 30.7 Å². The highest BCUT2D eigenvalue weighted by Crippen LogP contribution is 2.32. The topological polar surface area (TPSA) is 87.9 Å². The first kappa shape index (κ1) is 35.4. The number of benzene rings is 5. The van der Waals surface area contributed by atoms with Crippen LogP contribution in [0.5, 0.6) is 0 Å². The van der Waals surface area contributed by atoms with Gasteiger partial charge in [-0.2, -0.15) is 0 Å². The van der Waals surface area contributed by atoms with Gasteiger partial charge in [0.2, 0.25) is 33.3 Å². The molecule has 0 amide bonds. The van der Waals surface area contributed by atoms with Gasteiger partial charge in [0, 0.05) is 37.4 Å². The molecule has 0 saturated heterocycles. The fraction of sp³-hybridized carbons (Fsp3) is 0.120. The van der Waals surface area contributed by atoms with Crippen LogP contribution in [0.4, 0.5) is 0 Å². The van der Waals surface area contributed by atoms with Crippen LogP contribution >= 0.6 is 0 Å². The molecule has 60 heavy (non-hydrogen) atoms. The lowest BCUT2D eigenvalue weighted by Gasteiger charge is -2.11. The summed E-state index contributed by atoms with van der Waals surface area (Å²) in [4.78, 5) is 30.6. The standard InChI is InChI=1S/C50H40N6O4/c1-5-53-39(29-31-25-27-51(3)37-23-15-13-21-35(31)37)41-43-45(57)48-44(46(58)47(43)59-49(41)55(53)33-17-9-7-10-18-33)42-40(30-32-26-28-52(4)38-24-16-14-22-36(32)38)54(6-2)56(50(42)60-48)34-19-11-8-12-20-34/h7-30H,5-6H2,1-4H3/q+2. The molecule has 5 aromatic carbocycles. The number of aromatic nitrogens is 6. The monoisotopic (exact) mass is 788 g/mol. The minimum absolute atomic E-state index is 0.00532. The zero-order chi connectivity index (χ0) is 40.8. The number of fused-ring (bicyclic) bond motifs is 8. The molecule has 0 atom stereocenters. The lowest BCUT2D eigenvalue weighted by atomic mass is 10.1. The van der Waals surface area contributed by atoms with Crippen molar-refractivity contribution in [2.45, 2.75) is 26.9 Å². The number of hydrogen-bond acceptors (Lipinski definition) is 4. The molecule has 292 valence electrons. The zero-order valence-electron chi connectivity index (χ0n) is 33.6. The van der Waals surface area contributed by atoms with E-state index in [0.29, 0.717) is 35.3 Å². The Morgan fingerprint density at radius 3 is 1.28 bits per heavy atom. The van der Waals surface area contributed by atoms with Crippen molar-refractivity contribution in [2.24, 2.45) is 14.1 Å². The number of hydrogen-bond donors (Lipinski definition) is 0. The molecule has 0 aliphatic carbocycles. The summed E-state index contributed by atoms with van der Waals surface area (Å²) >= 11 is 0. The molecule has 6 heterocycles. The summed E-state index contributed by atoms with van der Waals surface area (Å²) in [7, 11) is 4.05. The predicted molar refractivity (Wildman–Crippen MR) is 236 cm³/mol. The van der Waals surface area contributed by atoms with Crippen molar-refractivity contribution < 1.29 is 18.0 Å². The highest BCUT2D eigenvalue weighted by atomic mass is 16.4. The van der Waals surface area contributed by atoms with Crippen molar-refractivity contribution in [3.63, 3.8) is 0 Å². The molecule has 11 aromatic rings. The van der Waals surface area contributed by atoms with Gasteiger partial charge in [-0.1, -0.05) is 60.7 Å². The van der Waals surface area contributed by atoms with E-state index in [0.717, 1.165) is 55.0 Å². The van der Waals surface area contributed by atoms with Crippen LogP contribution in [0.2, 0.25) is 0 Å². The molecule has 0 N–H and O–H groups in total. The Labute approximate surface area is 342 Å². The van der Waals surface area contributed by atoms with Gasteiger partial charge in [-0.15, -0.1) is 0 Å². The third-order valence-corrected chi connectivity index (χ3v) is 11.9. The van der Waals surface area contributed by atoms with Gasteiger partial charge in [0.25, 0.3) is 0 Å². The van der Waals surface area contributed by atoms with E-state index in [1.807, 2.05) is 121 Å². The maximum atomic E-state index is 15.3. The van der Waals surface area contributed by atoms with Gasteiger partial charge < -0.3 is 8.83 Å². The number of para-hydroxylation sites is 4. The minimum atomic E-state index is -0.396. The highest BCUT2D eigenvalue weighted by molar-refractivity contribution is 6.14. The first-order valence-electron chi connectivity index (χ1n) is 20.2. The third-order valence-electron chi connectivity index (χ3n) is 11.9. The first-order chi connectivity index (χ1) is 29.4. The van der Waals surface area contributed by atoms with Gasteiger partial charge in [0.15, 0.2) is 23.6 Å². The van der Waals surface area contributed by atoms with Gasteiger partial charge in [-0.25, -0.2) is 18.5 Å². The summed E-state index contributed by atoms with van der Waals surface area (Å²) < 4.78 is 25.8. The maximum absolute atomic E-state index is 15.3. The Morgan fingerprint density at radius 2 is 0.883 bits per heavy atom. The number of rotatable bonds is 6. The molecule has 0 spiro atoms. The molecule has 0 saturated carbocycles. The van der Waals surface area contributed by atoms with Crippen LogP contribution in [0.3, 0.4) is 0 Å². The summed E-state index contributed by atoms with van der Waals surface area (Å²) in [5.41, 5.74) is 5.78. The Kier molecular flexibility index (Phi) is 7.93. The smallest absolute Gasteiger partial charge is 0.233 e. The number of aryl methyl sites for hydroxylation is 2. The summed E-state index contributed by atoms with van der Waals surface area (Å²) in [6, 6.07) is 40.4. The average molecular weight is 789 g/mol. The molecule has 6 aromatic heterocycles. The van der Waals surface area contributed by atoms with Crippen molar-refractivity contribution in [1.29, 1.82) is 0 Å². The van der Waals surface area contributed by atoms with Gasteiger partial charge in [-0.05, 0) is 73.5 Å². The Morgan fingerprint density at radius 1 is 0.500 bits per heavy atom. The summed E-state index contributed by atoms with van der Waals surface area (Å²) in [5, 5.41) is 5.12. The highest BCUT2D eigenvalue weighted by Gasteiger charge is 2.30. The summed E-state index contributed by atoms with van der Waals surface area (Å²) in [6.45, 7) is 5.24. The summed E-state index contributed by atoms with van der Waals surface area (Å²) in [5.74, 6) is 0. The normalized spacial score (nSPS) is 12.8. The van der Waals surface area contributed by atoms with E-state index in [4.69, 9.17) is 8.83 Å². The van der Waals surface area contributed by atoms with Crippen molar-refractivity contribution in [1.82, 2.24) is 18.7 Å². The van der Waals surface area contributed by atoms with Crippen LogP contribution in [-0.4, -0.2) is 18.7 Å². The Balaban J connectivity index is 1.32. The van der Waals surface area contributed by atoms with E-state index in [9.17, 15) is 0 Å². The van der Waals surface area contributed by atoms with Crippen LogP contribution in [0.15, 0.2) is 152 Å². The number of furan rings is 2. The van der Waals surface area contributed by atoms with Crippen molar-refractivity contribution >= 4 is 78.1 Å². The second-order valence-corrected chi connectivity index (χ2v) is 15.2. The van der Waals surface area contributed by atoms with Gasteiger partial charge >= 0.3 is 0 Å². The molecule has 0 aliphatic heterocycles. The van der Waals surface area contributed by atoms with Crippen molar-refractivity contribution in [3.8, 4) is 11.4 Å². The molecule has 0 aliphatic rings. The van der Waals surface area contributed by atoms with Gasteiger partial charge in [-0.3, -0.25) is 19.0 Å². The van der Waals surface area contributed by atoms with E-state index >= 15 is 9.59 Å². The van der Waals surface area contributed by atoms with Crippen LogP contribution in [0.25, 0.3) is 89.5 Å². The van der Waals surface area contributed by atoms with Gasteiger partial charge in [0.05, 0.1) is 54.4 Å². The third kappa shape index (κ3) is 5.00. The Hall–Kier alpha value is -7.72. The zero-order valence-corrected chi connectivity index (χ0v) is 33.6.